The van der Waals surface area contributed by atoms with E-state index in [0.717, 1.165) is 0 Å². The van der Waals surface area contributed by atoms with Gasteiger partial charge in [0.2, 0.25) is 10.0 Å². The lowest BCUT2D eigenvalue weighted by Gasteiger charge is -2.09. The van der Waals surface area contributed by atoms with Crippen LogP contribution < -0.4 is 10.5 Å². The van der Waals surface area contributed by atoms with Crippen LogP contribution in [-0.4, -0.2) is 26.6 Å². The van der Waals surface area contributed by atoms with E-state index in [-0.39, 0.29) is 22.2 Å². The predicted octanol–water partition coefficient (Wildman–Crippen LogP) is 2.44. The Morgan fingerprint density at radius 3 is 2.64 bits per heavy atom. The quantitative estimate of drug-likeness (QED) is 0.720. The van der Waals surface area contributed by atoms with Gasteiger partial charge >= 0.3 is 0 Å². The number of primary sulfonamides is 1. The van der Waals surface area contributed by atoms with Gasteiger partial charge in [-0.3, -0.25) is 4.79 Å². The highest BCUT2D eigenvalue weighted by Crippen LogP contribution is 2.16. The molecule has 0 fully saturated rings. The minimum atomic E-state index is -3.86. The highest BCUT2D eigenvalue weighted by atomic mass is 32.2. The Balaban J connectivity index is 1.87. The molecule has 0 heterocycles. The first-order chi connectivity index (χ1) is 11.8. The molecular weight excluding hydrogens is 363 g/mol. The average molecular weight is 382 g/mol. The molecule has 0 unspecified atom stereocenters. The van der Waals surface area contributed by atoms with Crippen LogP contribution in [0.4, 0.5) is 4.39 Å². The summed E-state index contributed by atoms with van der Waals surface area (Å²) in [5.74, 6) is 0.514. The largest absolute Gasteiger partial charge is 0.351 e. The maximum Gasteiger partial charge on any atom is 0.251 e. The number of halogens is 1. The zero-order chi connectivity index (χ0) is 18.4. The van der Waals surface area contributed by atoms with Crippen LogP contribution in [0.1, 0.15) is 21.5 Å². The van der Waals surface area contributed by atoms with Crippen LogP contribution >= 0.6 is 11.8 Å². The molecule has 25 heavy (non-hydrogen) atoms. The van der Waals surface area contributed by atoms with Crippen molar-refractivity contribution in [3.63, 3.8) is 0 Å². The van der Waals surface area contributed by atoms with Crippen molar-refractivity contribution in [2.75, 3.05) is 12.3 Å². The maximum absolute atomic E-state index is 13.5. The molecule has 2 aromatic rings. The Morgan fingerprint density at radius 2 is 1.96 bits per heavy atom. The van der Waals surface area contributed by atoms with Crippen LogP contribution in [0.25, 0.3) is 0 Å². The maximum atomic E-state index is 13.5. The summed E-state index contributed by atoms with van der Waals surface area (Å²) in [5, 5.41) is 7.82. The Bertz CT molecular complexity index is 870. The molecule has 0 aliphatic heterocycles. The summed E-state index contributed by atoms with van der Waals surface area (Å²) in [6.07, 6.45) is 0. The van der Waals surface area contributed by atoms with Crippen molar-refractivity contribution in [1.29, 1.82) is 0 Å². The first-order valence-corrected chi connectivity index (χ1v) is 10.2. The van der Waals surface area contributed by atoms with E-state index in [9.17, 15) is 17.6 Å². The molecule has 1 amide bonds. The lowest BCUT2D eigenvalue weighted by atomic mass is 10.1. The van der Waals surface area contributed by atoms with Crippen molar-refractivity contribution in [3.05, 3.63) is 65.0 Å². The molecule has 0 aliphatic rings. The van der Waals surface area contributed by atoms with Gasteiger partial charge in [0.25, 0.3) is 5.91 Å². The van der Waals surface area contributed by atoms with Gasteiger partial charge in [0.1, 0.15) is 5.82 Å². The highest BCUT2D eigenvalue weighted by Gasteiger charge is 2.14. The van der Waals surface area contributed by atoms with Crippen LogP contribution in [0.2, 0.25) is 0 Å². The number of nitrogens with two attached hydrogens (primary N) is 1. The van der Waals surface area contributed by atoms with Crippen LogP contribution in [0, 0.1) is 12.7 Å². The van der Waals surface area contributed by atoms with E-state index < -0.39 is 10.0 Å². The fourth-order valence-corrected chi connectivity index (χ4v) is 3.54. The van der Waals surface area contributed by atoms with Crippen molar-refractivity contribution in [3.8, 4) is 0 Å². The molecule has 3 N–H and O–H groups in total. The molecular formula is C17H19FN2O3S2. The zero-order valence-electron chi connectivity index (χ0n) is 13.7. The molecule has 0 radical (unpaired) electrons. The zero-order valence-corrected chi connectivity index (χ0v) is 15.3. The van der Waals surface area contributed by atoms with Gasteiger partial charge in [-0.1, -0.05) is 24.3 Å². The number of sulfonamides is 1. The standard InChI is InChI=1S/C17H19FN2O3S2/c1-12-6-7-14(25(19,22)23)10-15(12)17(21)20-8-9-24-11-13-4-2-3-5-16(13)18/h2-7,10H,8-9,11H2,1H3,(H,20,21)(H2,19,22,23). The first-order valence-electron chi connectivity index (χ1n) is 7.52. The number of hydrogen-bond acceptors (Lipinski definition) is 4. The van der Waals surface area contributed by atoms with Crippen molar-refractivity contribution >= 4 is 27.7 Å². The van der Waals surface area contributed by atoms with E-state index >= 15 is 0 Å². The third-order valence-electron chi connectivity index (χ3n) is 3.53. The summed E-state index contributed by atoms with van der Waals surface area (Å²) in [7, 11) is -3.86. The molecule has 0 spiro atoms. The van der Waals surface area contributed by atoms with Crippen LogP contribution in [0.5, 0.6) is 0 Å². The van der Waals surface area contributed by atoms with Gasteiger partial charge in [-0.15, -0.1) is 0 Å². The molecule has 0 aromatic heterocycles. The summed E-state index contributed by atoms with van der Waals surface area (Å²) in [6.45, 7) is 2.10. The molecule has 2 aromatic carbocycles. The highest BCUT2D eigenvalue weighted by molar-refractivity contribution is 7.98. The van der Waals surface area contributed by atoms with Crippen molar-refractivity contribution in [2.24, 2.45) is 5.14 Å². The van der Waals surface area contributed by atoms with Gasteiger partial charge in [-0.25, -0.2) is 17.9 Å². The fraction of sp³-hybridized carbons (Fsp3) is 0.235. The minimum absolute atomic E-state index is 0.0998. The molecule has 134 valence electrons. The lowest BCUT2D eigenvalue weighted by Crippen LogP contribution is -2.27. The number of aryl methyl sites for hydroxylation is 1. The molecule has 0 atom stereocenters. The molecule has 0 bridgehead atoms. The van der Waals surface area contributed by atoms with E-state index in [2.05, 4.69) is 5.32 Å². The number of carbonyl (C=O) groups is 1. The molecule has 0 saturated heterocycles. The Kier molecular flexibility index (Phi) is 6.57. The number of rotatable bonds is 7. The number of hydrogen-bond donors (Lipinski definition) is 2. The number of nitrogens with one attached hydrogen (secondary N) is 1. The summed E-state index contributed by atoms with van der Waals surface area (Å²) < 4.78 is 36.3. The normalized spacial score (nSPS) is 11.3. The average Bonchev–Trinajstić information content (AvgIpc) is 2.55. The van der Waals surface area contributed by atoms with E-state index in [4.69, 9.17) is 5.14 Å². The Hall–Kier alpha value is -1.90. The van der Waals surface area contributed by atoms with Crippen molar-refractivity contribution < 1.29 is 17.6 Å². The van der Waals surface area contributed by atoms with Crippen molar-refractivity contribution in [2.45, 2.75) is 17.6 Å². The second-order valence-corrected chi connectivity index (χ2v) is 8.09. The smallest absolute Gasteiger partial charge is 0.251 e. The lowest BCUT2D eigenvalue weighted by molar-refractivity contribution is 0.0955. The summed E-state index contributed by atoms with van der Waals surface area (Å²) in [6, 6.07) is 10.7. The van der Waals surface area contributed by atoms with E-state index in [1.54, 1.807) is 31.2 Å². The summed E-state index contributed by atoms with van der Waals surface area (Å²) >= 11 is 1.50. The molecule has 5 nitrogen and oxygen atoms in total. The van der Waals surface area contributed by atoms with Gasteiger partial charge in [-0.2, -0.15) is 11.8 Å². The predicted molar refractivity (Wildman–Crippen MR) is 97.4 cm³/mol. The van der Waals surface area contributed by atoms with Gasteiger partial charge in [0, 0.05) is 23.6 Å². The first kappa shape index (κ1) is 19.4. The number of thioether (sulfide) groups is 1. The van der Waals surface area contributed by atoms with Crippen molar-refractivity contribution in [1.82, 2.24) is 5.32 Å². The second-order valence-electron chi connectivity index (χ2n) is 5.42. The Morgan fingerprint density at radius 1 is 1.24 bits per heavy atom. The SMILES string of the molecule is Cc1ccc(S(N)(=O)=O)cc1C(=O)NCCSCc1ccccc1F. The summed E-state index contributed by atoms with van der Waals surface area (Å²) in [4.78, 5) is 12.1. The third kappa shape index (κ3) is 5.55. The third-order valence-corrected chi connectivity index (χ3v) is 5.45. The molecule has 0 aliphatic carbocycles. The van der Waals surface area contributed by atoms with Crippen LogP contribution in [0.3, 0.4) is 0 Å². The second kappa shape index (κ2) is 8.46. The van der Waals surface area contributed by atoms with E-state index in [1.807, 2.05) is 0 Å². The summed E-state index contributed by atoms with van der Waals surface area (Å²) in [5.41, 5.74) is 1.55. The topological polar surface area (TPSA) is 89.3 Å². The van der Waals surface area contributed by atoms with Gasteiger partial charge in [-0.05, 0) is 36.2 Å². The number of amides is 1. The van der Waals surface area contributed by atoms with Gasteiger partial charge in [0.15, 0.2) is 0 Å². The van der Waals surface area contributed by atoms with Crippen LogP contribution in [0.15, 0.2) is 47.4 Å². The van der Waals surface area contributed by atoms with Gasteiger partial charge in [0.05, 0.1) is 4.90 Å². The fourth-order valence-electron chi connectivity index (χ4n) is 2.15. The monoisotopic (exact) mass is 382 g/mol. The number of benzene rings is 2. The Labute approximate surface area is 150 Å². The molecule has 0 saturated carbocycles. The van der Waals surface area contributed by atoms with Crippen LogP contribution in [-0.2, 0) is 15.8 Å². The van der Waals surface area contributed by atoms with Gasteiger partial charge < -0.3 is 5.32 Å². The number of carbonyl (C=O) groups excluding carboxylic acids is 1. The van der Waals surface area contributed by atoms with E-state index in [0.29, 0.717) is 29.2 Å². The van der Waals surface area contributed by atoms with E-state index in [1.165, 1.54) is 30.0 Å². The molecule has 8 heteroatoms. The minimum Gasteiger partial charge on any atom is -0.351 e. The molecule has 2 rings (SSSR count).